The number of carbonyl (C=O) groups excluding carboxylic acids is 3. The quantitative estimate of drug-likeness (QED) is 0.103. The molecule has 3 N–H and O–H groups in total. The number of rotatable bonds is 11. The van der Waals surface area contributed by atoms with Crippen molar-refractivity contribution in [3.05, 3.63) is 110 Å². The van der Waals surface area contributed by atoms with Crippen molar-refractivity contribution in [3.8, 4) is 0 Å². The molecule has 0 saturated heterocycles. The maximum absolute atomic E-state index is 13.1. The number of ketones is 1. The van der Waals surface area contributed by atoms with Gasteiger partial charge in [0.05, 0.1) is 12.1 Å². The molecule has 214 valence electrons. The van der Waals surface area contributed by atoms with Crippen molar-refractivity contribution in [1.82, 2.24) is 19.4 Å². The van der Waals surface area contributed by atoms with Crippen LogP contribution in [-0.4, -0.2) is 56.1 Å². The molecule has 0 radical (unpaired) electrons. The molecule has 12 nitrogen and oxygen atoms in total. The van der Waals surface area contributed by atoms with Crippen LogP contribution in [0.5, 0.6) is 0 Å². The van der Waals surface area contributed by atoms with Crippen LogP contribution in [-0.2, 0) is 30.4 Å². The lowest BCUT2D eigenvalue weighted by Crippen LogP contribution is -2.34. The Morgan fingerprint density at radius 1 is 1.17 bits per heavy atom. The number of aromatic amines is 1. The molecule has 2 atom stereocenters. The minimum Gasteiger partial charge on any atom is -0.506 e. The summed E-state index contributed by atoms with van der Waals surface area (Å²) in [7, 11) is 0. The molecule has 0 saturated carbocycles. The van der Waals surface area contributed by atoms with Crippen LogP contribution < -0.4 is 16.6 Å². The second kappa shape index (κ2) is 12.9. The zero-order chi connectivity index (χ0) is 29.5. The van der Waals surface area contributed by atoms with E-state index in [0.29, 0.717) is 12.1 Å². The van der Waals surface area contributed by atoms with E-state index in [1.807, 2.05) is 0 Å². The van der Waals surface area contributed by atoms with Crippen molar-refractivity contribution < 1.29 is 33.4 Å². The van der Waals surface area contributed by atoms with Gasteiger partial charge in [0.2, 0.25) is 5.78 Å². The van der Waals surface area contributed by atoms with Crippen LogP contribution in [0.4, 0.5) is 4.39 Å². The smallest absolute Gasteiger partial charge is 0.330 e. The number of hydrogen-bond donors (Lipinski definition) is 3. The van der Waals surface area contributed by atoms with Gasteiger partial charge in [0.15, 0.2) is 6.23 Å². The van der Waals surface area contributed by atoms with E-state index in [1.165, 1.54) is 22.9 Å². The number of halogens is 1. The molecule has 3 aromatic rings. The van der Waals surface area contributed by atoms with Gasteiger partial charge in [0.25, 0.3) is 11.5 Å². The number of aliphatic hydroxyl groups excluding tert-OH is 1. The molecule has 1 aliphatic heterocycles. The molecule has 0 unspecified atom stereocenters. The topological polar surface area (TPSA) is 162 Å². The Labute approximate surface area is 232 Å². The molecule has 1 aromatic carbocycles. The highest BCUT2D eigenvalue weighted by molar-refractivity contribution is 6.41. The molecule has 1 amide bonds. The molecule has 0 aliphatic carbocycles. The first kappa shape index (κ1) is 29.0. The standard InChI is InChI=1S/C28H27FN4O8/c1-17-14-33(28(39)31-26(17)37)24-9-8-20(41-24)16-40-25(36)10-11-30-27(38)23(35)13-22(34)21-3-2-12-32(21)15-18-4-6-19(29)7-5-18/h2-9,12-14,20,24,34H,10-11,15-16H2,1H3,(H,30,38)(H,31,37,39)/b22-13-/t20-,24+/m0/s1. The van der Waals surface area contributed by atoms with Crippen LogP contribution in [0.1, 0.15) is 29.5 Å². The Hall–Kier alpha value is -5.04. The third-order valence-electron chi connectivity index (χ3n) is 6.10. The number of aromatic nitrogens is 3. The Morgan fingerprint density at radius 2 is 1.93 bits per heavy atom. The third-order valence-corrected chi connectivity index (χ3v) is 6.10. The molecule has 0 spiro atoms. The van der Waals surface area contributed by atoms with E-state index in [9.17, 15) is 33.5 Å². The maximum atomic E-state index is 13.1. The summed E-state index contributed by atoms with van der Waals surface area (Å²) >= 11 is 0. The van der Waals surface area contributed by atoms with Crippen LogP contribution in [0.2, 0.25) is 0 Å². The summed E-state index contributed by atoms with van der Waals surface area (Å²) < 4.78 is 26.8. The molecular formula is C28H27FN4O8. The van der Waals surface area contributed by atoms with E-state index in [4.69, 9.17) is 9.47 Å². The van der Waals surface area contributed by atoms with Crippen molar-refractivity contribution in [2.45, 2.75) is 32.2 Å². The average Bonchev–Trinajstić information content (AvgIpc) is 3.60. The van der Waals surface area contributed by atoms with Gasteiger partial charge in [0, 0.05) is 37.1 Å². The zero-order valence-corrected chi connectivity index (χ0v) is 21.9. The molecule has 4 rings (SSSR count). The summed E-state index contributed by atoms with van der Waals surface area (Å²) in [4.78, 5) is 62.2. The number of esters is 1. The van der Waals surface area contributed by atoms with Crippen molar-refractivity contribution in [3.63, 3.8) is 0 Å². The van der Waals surface area contributed by atoms with E-state index in [-0.39, 0.29) is 31.1 Å². The Morgan fingerprint density at radius 3 is 2.68 bits per heavy atom. The SMILES string of the molecule is Cc1cn([C@H]2C=C[C@@H](COC(=O)CCNC(=O)C(=O)/C=C(\O)c3cccn3Cc3ccc(F)cc3)O2)c(=O)[nH]c1=O. The van der Waals surface area contributed by atoms with E-state index < -0.39 is 47.0 Å². The fraction of sp³-hybridized carbons (Fsp3) is 0.250. The van der Waals surface area contributed by atoms with E-state index in [1.54, 1.807) is 54.1 Å². The molecule has 0 bridgehead atoms. The minimum atomic E-state index is -1.02. The fourth-order valence-electron chi connectivity index (χ4n) is 3.96. The summed E-state index contributed by atoms with van der Waals surface area (Å²) in [5.41, 5.74) is 0.251. The lowest BCUT2D eigenvalue weighted by atomic mass is 10.2. The fourth-order valence-corrected chi connectivity index (χ4v) is 3.96. The molecule has 0 fully saturated rings. The summed E-state index contributed by atoms with van der Waals surface area (Å²) in [6.07, 6.45) is 5.38. The average molecular weight is 567 g/mol. The van der Waals surface area contributed by atoms with Crippen molar-refractivity contribution in [2.75, 3.05) is 13.2 Å². The second-order valence-corrected chi connectivity index (χ2v) is 9.16. The van der Waals surface area contributed by atoms with Gasteiger partial charge in [-0.05, 0) is 42.8 Å². The Kier molecular flexibility index (Phi) is 9.09. The van der Waals surface area contributed by atoms with Gasteiger partial charge in [-0.1, -0.05) is 18.2 Å². The summed E-state index contributed by atoms with van der Waals surface area (Å²) in [5, 5.41) is 12.7. The second-order valence-electron chi connectivity index (χ2n) is 9.16. The Bertz CT molecular complexity index is 1620. The van der Waals surface area contributed by atoms with Crippen LogP contribution in [0.25, 0.3) is 5.76 Å². The predicted octanol–water partition coefficient (Wildman–Crippen LogP) is 1.51. The molecule has 3 heterocycles. The van der Waals surface area contributed by atoms with Gasteiger partial charge < -0.3 is 24.5 Å². The number of carbonyl (C=O) groups is 3. The van der Waals surface area contributed by atoms with Gasteiger partial charge in [-0.25, -0.2) is 9.18 Å². The van der Waals surface area contributed by atoms with Gasteiger partial charge in [-0.3, -0.25) is 28.7 Å². The summed E-state index contributed by atoms with van der Waals surface area (Å²) in [6, 6.07) is 9.02. The van der Waals surface area contributed by atoms with E-state index >= 15 is 0 Å². The van der Waals surface area contributed by atoms with Crippen LogP contribution >= 0.6 is 0 Å². The number of ether oxygens (including phenoxy) is 2. The number of nitrogens with one attached hydrogen (secondary N) is 2. The first-order valence-electron chi connectivity index (χ1n) is 12.5. The van der Waals surface area contributed by atoms with Crippen LogP contribution in [0, 0.1) is 12.7 Å². The van der Waals surface area contributed by atoms with Crippen molar-refractivity contribution in [1.29, 1.82) is 0 Å². The predicted molar refractivity (Wildman–Crippen MR) is 143 cm³/mol. The number of H-pyrrole nitrogens is 1. The first-order valence-corrected chi connectivity index (χ1v) is 12.5. The highest BCUT2D eigenvalue weighted by atomic mass is 19.1. The maximum Gasteiger partial charge on any atom is 0.330 e. The monoisotopic (exact) mass is 566 g/mol. The summed E-state index contributed by atoms with van der Waals surface area (Å²) in [5.74, 6) is -3.51. The molecule has 1 aliphatic rings. The lowest BCUT2D eigenvalue weighted by molar-refractivity contribution is -0.147. The molecule has 13 heteroatoms. The Balaban J connectivity index is 1.20. The molecule has 2 aromatic heterocycles. The number of aryl methyl sites for hydroxylation is 1. The largest absolute Gasteiger partial charge is 0.506 e. The first-order chi connectivity index (χ1) is 19.6. The van der Waals surface area contributed by atoms with Gasteiger partial charge in [-0.15, -0.1) is 0 Å². The summed E-state index contributed by atoms with van der Waals surface area (Å²) in [6.45, 7) is 1.52. The van der Waals surface area contributed by atoms with Crippen molar-refractivity contribution >= 4 is 23.4 Å². The van der Waals surface area contributed by atoms with Crippen molar-refractivity contribution in [2.24, 2.45) is 0 Å². The highest BCUT2D eigenvalue weighted by Crippen LogP contribution is 2.20. The van der Waals surface area contributed by atoms with E-state index in [2.05, 4.69) is 10.3 Å². The number of benzene rings is 1. The number of amides is 1. The number of aliphatic hydroxyl groups is 1. The van der Waals surface area contributed by atoms with Crippen LogP contribution in [0.3, 0.4) is 0 Å². The highest BCUT2D eigenvalue weighted by Gasteiger charge is 2.23. The molecular weight excluding hydrogens is 539 g/mol. The lowest BCUT2D eigenvalue weighted by Gasteiger charge is -2.16. The minimum absolute atomic E-state index is 0.149. The molecule has 41 heavy (non-hydrogen) atoms. The van der Waals surface area contributed by atoms with Crippen LogP contribution in [0.15, 0.2) is 76.6 Å². The number of nitrogens with zero attached hydrogens (tertiary/aromatic N) is 2. The van der Waals surface area contributed by atoms with Gasteiger partial charge in [0.1, 0.15) is 24.3 Å². The van der Waals surface area contributed by atoms with Gasteiger partial charge in [-0.2, -0.15) is 0 Å². The zero-order valence-electron chi connectivity index (χ0n) is 21.9. The normalized spacial score (nSPS) is 16.5. The number of hydrogen-bond acceptors (Lipinski definition) is 8. The van der Waals surface area contributed by atoms with Gasteiger partial charge >= 0.3 is 11.7 Å². The van der Waals surface area contributed by atoms with E-state index in [0.717, 1.165) is 11.6 Å². The third kappa shape index (κ3) is 7.54.